The Bertz CT molecular complexity index is 888. The monoisotopic (exact) mass is 336 g/mol. The van der Waals surface area contributed by atoms with Gasteiger partial charge in [-0.25, -0.2) is 9.97 Å². The van der Waals surface area contributed by atoms with Gasteiger partial charge in [0.2, 0.25) is 6.79 Å². The molecule has 1 aliphatic rings. The molecule has 4 N–H and O–H groups in total. The van der Waals surface area contributed by atoms with E-state index in [1.807, 2.05) is 30.3 Å². The van der Waals surface area contributed by atoms with E-state index in [9.17, 15) is 0 Å². The topological polar surface area (TPSA) is 107 Å². The van der Waals surface area contributed by atoms with Crippen molar-refractivity contribution < 1.29 is 9.47 Å². The van der Waals surface area contributed by atoms with Crippen LogP contribution in [0.25, 0.3) is 0 Å². The van der Waals surface area contributed by atoms with Gasteiger partial charge in [-0.05, 0) is 29.8 Å². The number of nitrogens with two attached hydrogens (primary N) is 1. The van der Waals surface area contributed by atoms with Crippen LogP contribution in [0.4, 0.5) is 23.0 Å². The lowest BCUT2D eigenvalue weighted by molar-refractivity contribution is 0.174. The minimum absolute atomic E-state index is 0.259. The van der Waals surface area contributed by atoms with E-state index in [-0.39, 0.29) is 6.79 Å². The first kappa shape index (κ1) is 15.0. The predicted octanol–water partition coefficient (Wildman–Crippen LogP) is 2.54. The molecule has 126 valence electrons. The average Bonchev–Trinajstić information content (AvgIpc) is 3.11. The van der Waals surface area contributed by atoms with E-state index >= 15 is 0 Å². The van der Waals surface area contributed by atoms with Gasteiger partial charge in [-0.1, -0.05) is 6.07 Å². The lowest BCUT2D eigenvalue weighted by atomic mass is 10.2. The van der Waals surface area contributed by atoms with Gasteiger partial charge in [0.15, 0.2) is 23.1 Å². The first-order valence-corrected chi connectivity index (χ1v) is 7.69. The molecular formula is C17H16N6O2. The Morgan fingerprint density at radius 2 is 1.80 bits per heavy atom. The van der Waals surface area contributed by atoms with E-state index in [0.717, 1.165) is 22.7 Å². The maximum absolute atomic E-state index is 6.18. The Kier molecular flexibility index (Phi) is 3.91. The molecular weight excluding hydrogens is 320 g/mol. The number of benzene rings is 1. The van der Waals surface area contributed by atoms with Crippen molar-refractivity contribution in [2.45, 2.75) is 6.54 Å². The van der Waals surface area contributed by atoms with Gasteiger partial charge in [-0.15, -0.1) is 0 Å². The number of hydrogen-bond donors (Lipinski definition) is 3. The van der Waals surface area contributed by atoms with Crippen LogP contribution in [-0.2, 0) is 6.54 Å². The van der Waals surface area contributed by atoms with Gasteiger partial charge < -0.3 is 25.8 Å². The zero-order valence-electron chi connectivity index (χ0n) is 13.3. The summed E-state index contributed by atoms with van der Waals surface area (Å²) in [4.78, 5) is 12.4. The van der Waals surface area contributed by atoms with Crippen molar-refractivity contribution in [2.75, 3.05) is 23.2 Å². The van der Waals surface area contributed by atoms with Gasteiger partial charge in [0.05, 0.1) is 0 Å². The van der Waals surface area contributed by atoms with Gasteiger partial charge >= 0.3 is 0 Å². The fourth-order valence-corrected chi connectivity index (χ4v) is 2.44. The third-order valence-corrected chi connectivity index (χ3v) is 3.72. The van der Waals surface area contributed by atoms with Crippen molar-refractivity contribution in [3.05, 3.63) is 54.6 Å². The lowest BCUT2D eigenvalue weighted by Gasteiger charge is -2.12. The van der Waals surface area contributed by atoms with Gasteiger partial charge in [-0.3, -0.25) is 4.98 Å². The third-order valence-electron chi connectivity index (χ3n) is 3.72. The molecule has 3 heterocycles. The summed E-state index contributed by atoms with van der Waals surface area (Å²) in [6.45, 7) is 0.807. The second kappa shape index (κ2) is 6.52. The van der Waals surface area contributed by atoms with Gasteiger partial charge in [-0.2, -0.15) is 0 Å². The summed E-state index contributed by atoms with van der Waals surface area (Å²) in [6, 6.07) is 9.46. The second-order valence-electron chi connectivity index (χ2n) is 5.39. The molecule has 0 saturated heterocycles. The van der Waals surface area contributed by atoms with E-state index in [4.69, 9.17) is 15.2 Å². The lowest BCUT2D eigenvalue weighted by Crippen LogP contribution is -2.08. The van der Waals surface area contributed by atoms with Gasteiger partial charge in [0.1, 0.15) is 12.0 Å². The Balaban J connectivity index is 1.48. The molecule has 0 fully saturated rings. The number of fused-ring (bicyclic) bond motifs is 1. The summed E-state index contributed by atoms with van der Waals surface area (Å²) in [7, 11) is 0. The summed E-state index contributed by atoms with van der Waals surface area (Å²) in [5.74, 6) is 2.60. The molecule has 8 nitrogen and oxygen atoms in total. The first-order valence-electron chi connectivity index (χ1n) is 7.69. The molecule has 3 aromatic rings. The van der Waals surface area contributed by atoms with Crippen molar-refractivity contribution in [2.24, 2.45) is 0 Å². The standard InChI is InChI=1S/C17H16N6O2/c18-15-16(20-8-11-1-2-13-14(7-11)25-10-24-13)21-9-22-17(15)23-12-3-5-19-6-4-12/h1-7,9H,8,10,18H2,(H2,19,20,21,22,23). The van der Waals surface area contributed by atoms with Crippen molar-refractivity contribution in [1.29, 1.82) is 0 Å². The molecule has 2 aromatic heterocycles. The molecule has 0 aliphatic carbocycles. The highest BCUT2D eigenvalue weighted by Crippen LogP contribution is 2.33. The second-order valence-corrected chi connectivity index (χ2v) is 5.39. The molecule has 0 amide bonds. The highest BCUT2D eigenvalue weighted by atomic mass is 16.7. The largest absolute Gasteiger partial charge is 0.454 e. The zero-order chi connectivity index (χ0) is 17.1. The minimum Gasteiger partial charge on any atom is -0.454 e. The Labute approximate surface area is 144 Å². The smallest absolute Gasteiger partial charge is 0.231 e. The highest BCUT2D eigenvalue weighted by molar-refractivity contribution is 5.77. The van der Waals surface area contributed by atoms with Crippen molar-refractivity contribution >= 4 is 23.0 Å². The number of nitrogens with zero attached hydrogens (tertiary/aromatic N) is 3. The van der Waals surface area contributed by atoms with E-state index in [1.54, 1.807) is 12.4 Å². The summed E-state index contributed by atoms with van der Waals surface area (Å²) in [5.41, 5.74) is 8.50. The number of rotatable bonds is 5. The fourth-order valence-electron chi connectivity index (χ4n) is 2.44. The number of nitrogens with one attached hydrogen (secondary N) is 2. The summed E-state index contributed by atoms with van der Waals surface area (Å²) in [5, 5.41) is 6.37. The molecule has 0 atom stereocenters. The fraction of sp³-hybridized carbons (Fsp3) is 0.118. The quantitative estimate of drug-likeness (QED) is 0.652. The molecule has 8 heteroatoms. The van der Waals surface area contributed by atoms with Crippen molar-refractivity contribution in [1.82, 2.24) is 15.0 Å². The third kappa shape index (κ3) is 3.23. The Morgan fingerprint density at radius 3 is 2.68 bits per heavy atom. The van der Waals surface area contributed by atoms with E-state index in [1.165, 1.54) is 6.33 Å². The minimum atomic E-state index is 0.259. The molecule has 0 spiro atoms. The molecule has 1 aromatic carbocycles. The van der Waals surface area contributed by atoms with Crippen LogP contribution in [0.3, 0.4) is 0 Å². The highest BCUT2D eigenvalue weighted by Gasteiger charge is 2.14. The van der Waals surface area contributed by atoms with Crippen LogP contribution in [-0.4, -0.2) is 21.7 Å². The average molecular weight is 336 g/mol. The molecule has 0 bridgehead atoms. The van der Waals surface area contributed by atoms with Crippen LogP contribution >= 0.6 is 0 Å². The molecule has 25 heavy (non-hydrogen) atoms. The summed E-state index contributed by atoms with van der Waals surface area (Å²) >= 11 is 0. The van der Waals surface area contributed by atoms with E-state index in [2.05, 4.69) is 25.6 Å². The zero-order valence-corrected chi connectivity index (χ0v) is 13.3. The van der Waals surface area contributed by atoms with Gasteiger partial charge in [0, 0.05) is 24.6 Å². The number of hydrogen-bond acceptors (Lipinski definition) is 8. The maximum Gasteiger partial charge on any atom is 0.231 e. The number of aromatic nitrogens is 3. The Morgan fingerprint density at radius 1 is 1.00 bits per heavy atom. The molecule has 1 aliphatic heterocycles. The number of pyridine rings is 1. The van der Waals surface area contributed by atoms with Crippen LogP contribution in [0, 0.1) is 0 Å². The molecule has 0 radical (unpaired) electrons. The molecule has 0 saturated carbocycles. The maximum atomic E-state index is 6.18. The normalized spacial score (nSPS) is 12.0. The van der Waals surface area contributed by atoms with Crippen molar-refractivity contribution in [3.63, 3.8) is 0 Å². The van der Waals surface area contributed by atoms with Crippen LogP contribution < -0.4 is 25.8 Å². The van der Waals surface area contributed by atoms with E-state index in [0.29, 0.717) is 23.9 Å². The van der Waals surface area contributed by atoms with Gasteiger partial charge in [0.25, 0.3) is 0 Å². The van der Waals surface area contributed by atoms with E-state index < -0.39 is 0 Å². The summed E-state index contributed by atoms with van der Waals surface area (Å²) in [6.07, 6.45) is 4.85. The first-order chi connectivity index (χ1) is 12.3. The van der Waals surface area contributed by atoms with Crippen LogP contribution in [0.2, 0.25) is 0 Å². The SMILES string of the molecule is Nc1c(NCc2ccc3c(c2)OCO3)ncnc1Nc1ccncc1. The van der Waals surface area contributed by atoms with Crippen LogP contribution in [0.1, 0.15) is 5.56 Å². The number of anilines is 4. The number of nitrogen functional groups attached to an aromatic ring is 1. The Hall–Kier alpha value is -3.55. The summed E-state index contributed by atoms with van der Waals surface area (Å²) < 4.78 is 10.7. The van der Waals surface area contributed by atoms with Crippen LogP contribution in [0.15, 0.2) is 49.1 Å². The van der Waals surface area contributed by atoms with Crippen molar-refractivity contribution in [3.8, 4) is 11.5 Å². The van der Waals surface area contributed by atoms with Crippen LogP contribution in [0.5, 0.6) is 11.5 Å². The number of ether oxygens (including phenoxy) is 2. The predicted molar refractivity (Wildman–Crippen MR) is 93.9 cm³/mol. The molecule has 4 rings (SSSR count). The molecule has 0 unspecified atom stereocenters.